The van der Waals surface area contributed by atoms with Crippen molar-refractivity contribution in [2.75, 3.05) is 29.9 Å². The first-order chi connectivity index (χ1) is 13.2. The Morgan fingerprint density at radius 3 is 2.81 bits per heavy atom. The van der Waals surface area contributed by atoms with E-state index in [-0.39, 0.29) is 18.2 Å². The van der Waals surface area contributed by atoms with Crippen molar-refractivity contribution < 1.29 is 14.3 Å². The third kappa shape index (κ3) is 3.58. The molecule has 2 fully saturated rings. The Hall–Kier alpha value is -3.09. The number of urea groups is 1. The van der Waals surface area contributed by atoms with Crippen LogP contribution in [-0.2, 0) is 4.74 Å². The lowest BCUT2D eigenvalue weighted by Crippen LogP contribution is -2.41. The Balaban J connectivity index is 1.56. The molecule has 2 aliphatic rings. The molecule has 3 amide bonds. The Labute approximate surface area is 157 Å². The molecule has 4 rings (SSSR count). The first kappa shape index (κ1) is 17.3. The van der Waals surface area contributed by atoms with Gasteiger partial charge in [-0.2, -0.15) is 0 Å². The Morgan fingerprint density at radius 1 is 1.15 bits per heavy atom. The number of likely N-dealkylation sites (tertiary alicyclic amines) is 1. The number of carbonyl (C=O) groups is 2. The summed E-state index contributed by atoms with van der Waals surface area (Å²) in [6, 6.07) is 11.1. The largest absolute Gasteiger partial charge is 0.447 e. The van der Waals surface area contributed by atoms with Crippen molar-refractivity contribution in [3.8, 4) is 0 Å². The first-order valence-electron chi connectivity index (χ1n) is 9.25. The molecule has 0 radical (unpaired) electrons. The van der Waals surface area contributed by atoms with E-state index in [0.717, 1.165) is 24.8 Å². The van der Waals surface area contributed by atoms with Gasteiger partial charge in [-0.1, -0.05) is 18.2 Å². The van der Waals surface area contributed by atoms with Gasteiger partial charge in [-0.25, -0.2) is 9.59 Å². The summed E-state index contributed by atoms with van der Waals surface area (Å²) in [6.45, 7) is 1.53. The number of cyclic esters (lactones) is 1. The minimum absolute atomic E-state index is 0.0105. The number of pyridine rings is 1. The SMILES string of the molecule is O=C1OCCN1c1ccccc1NC(=O)N1CCCC[C@H]1c1cccnc1. The van der Waals surface area contributed by atoms with Crippen molar-refractivity contribution in [2.24, 2.45) is 0 Å². The maximum atomic E-state index is 13.1. The van der Waals surface area contributed by atoms with E-state index in [0.29, 0.717) is 31.1 Å². The smallest absolute Gasteiger partial charge is 0.414 e. The molecular weight excluding hydrogens is 344 g/mol. The molecule has 0 unspecified atom stereocenters. The van der Waals surface area contributed by atoms with Gasteiger partial charge in [0.25, 0.3) is 0 Å². The van der Waals surface area contributed by atoms with Crippen LogP contribution >= 0.6 is 0 Å². The Kier molecular flexibility index (Phi) is 4.91. The monoisotopic (exact) mass is 366 g/mol. The van der Waals surface area contributed by atoms with Crippen LogP contribution in [-0.4, -0.2) is 41.7 Å². The van der Waals surface area contributed by atoms with Crippen molar-refractivity contribution in [1.82, 2.24) is 9.88 Å². The van der Waals surface area contributed by atoms with E-state index in [9.17, 15) is 9.59 Å². The maximum Gasteiger partial charge on any atom is 0.414 e. The molecule has 27 heavy (non-hydrogen) atoms. The number of ether oxygens (including phenoxy) is 1. The number of aromatic nitrogens is 1. The normalized spacial score (nSPS) is 19.7. The zero-order valence-corrected chi connectivity index (χ0v) is 15.0. The number of rotatable bonds is 3. The molecule has 3 heterocycles. The number of nitrogens with zero attached hydrogens (tertiary/aromatic N) is 3. The van der Waals surface area contributed by atoms with E-state index < -0.39 is 0 Å². The summed E-state index contributed by atoms with van der Waals surface area (Å²) in [5.74, 6) is 0. The van der Waals surface area contributed by atoms with Gasteiger partial charge in [0, 0.05) is 18.9 Å². The molecule has 1 atom stereocenters. The third-order valence-electron chi connectivity index (χ3n) is 5.03. The zero-order valence-electron chi connectivity index (χ0n) is 15.0. The minimum Gasteiger partial charge on any atom is -0.447 e. The van der Waals surface area contributed by atoms with Crippen LogP contribution in [0.2, 0.25) is 0 Å². The molecule has 0 saturated carbocycles. The van der Waals surface area contributed by atoms with E-state index in [4.69, 9.17) is 4.74 Å². The summed E-state index contributed by atoms with van der Waals surface area (Å²) in [4.78, 5) is 32.6. The first-order valence-corrected chi connectivity index (χ1v) is 9.25. The second-order valence-corrected chi connectivity index (χ2v) is 6.70. The summed E-state index contributed by atoms with van der Waals surface area (Å²) in [5, 5.41) is 2.99. The van der Waals surface area contributed by atoms with Crippen LogP contribution in [0, 0.1) is 0 Å². The Bertz CT molecular complexity index is 827. The molecule has 7 nitrogen and oxygen atoms in total. The van der Waals surface area contributed by atoms with Crippen LogP contribution in [0.25, 0.3) is 0 Å². The molecule has 1 aromatic heterocycles. The van der Waals surface area contributed by atoms with Gasteiger partial charge in [0.2, 0.25) is 0 Å². The third-order valence-corrected chi connectivity index (χ3v) is 5.03. The number of hydrogen-bond donors (Lipinski definition) is 1. The predicted octanol–water partition coefficient (Wildman–Crippen LogP) is 3.80. The molecule has 0 spiro atoms. The number of benzene rings is 1. The molecule has 140 valence electrons. The number of carbonyl (C=O) groups excluding carboxylic acids is 2. The summed E-state index contributed by atoms with van der Waals surface area (Å²) in [5.41, 5.74) is 2.31. The fraction of sp³-hybridized carbons (Fsp3) is 0.350. The molecule has 7 heteroatoms. The summed E-state index contributed by atoms with van der Waals surface area (Å²) in [6.07, 6.45) is 6.15. The number of para-hydroxylation sites is 2. The zero-order chi connectivity index (χ0) is 18.6. The lowest BCUT2D eigenvalue weighted by Gasteiger charge is -2.36. The molecule has 2 aliphatic heterocycles. The molecule has 0 bridgehead atoms. The topological polar surface area (TPSA) is 74.8 Å². The molecule has 2 saturated heterocycles. The highest BCUT2D eigenvalue weighted by atomic mass is 16.6. The molecule has 1 aromatic carbocycles. The summed E-state index contributed by atoms with van der Waals surface area (Å²) < 4.78 is 5.03. The molecule has 0 aliphatic carbocycles. The van der Waals surface area contributed by atoms with Gasteiger partial charge < -0.3 is 15.0 Å². The number of nitrogens with one attached hydrogen (secondary N) is 1. The highest BCUT2D eigenvalue weighted by molar-refractivity contribution is 5.99. The van der Waals surface area contributed by atoms with E-state index in [1.807, 2.05) is 47.5 Å². The predicted molar refractivity (Wildman–Crippen MR) is 102 cm³/mol. The number of amides is 3. The van der Waals surface area contributed by atoms with E-state index >= 15 is 0 Å². The van der Waals surface area contributed by atoms with Gasteiger partial charge >= 0.3 is 12.1 Å². The van der Waals surface area contributed by atoms with Gasteiger partial charge in [-0.3, -0.25) is 9.88 Å². The van der Waals surface area contributed by atoms with Crippen molar-refractivity contribution >= 4 is 23.5 Å². The lowest BCUT2D eigenvalue weighted by atomic mass is 9.97. The number of anilines is 2. The van der Waals surface area contributed by atoms with Gasteiger partial charge in [-0.05, 0) is 43.0 Å². The summed E-state index contributed by atoms with van der Waals surface area (Å²) >= 11 is 0. The second kappa shape index (κ2) is 7.65. The number of hydrogen-bond acceptors (Lipinski definition) is 4. The quantitative estimate of drug-likeness (QED) is 0.897. The molecule has 1 N–H and O–H groups in total. The van der Waals surface area contributed by atoms with Crippen LogP contribution in [0.3, 0.4) is 0 Å². The van der Waals surface area contributed by atoms with E-state index in [1.165, 1.54) is 0 Å². The van der Waals surface area contributed by atoms with Crippen LogP contribution in [0.4, 0.5) is 21.0 Å². The van der Waals surface area contributed by atoms with Crippen molar-refractivity contribution in [3.05, 3.63) is 54.4 Å². The highest BCUT2D eigenvalue weighted by Gasteiger charge is 2.30. The van der Waals surface area contributed by atoms with Crippen LogP contribution < -0.4 is 10.2 Å². The Morgan fingerprint density at radius 2 is 2.04 bits per heavy atom. The fourth-order valence-corrected chi connectivity index (χ4v) is 3.71. The maximum absolute atomic E-state index is 13.1. The molecule has 2 aromatic rings. The average Bonchev–Trinajstić information content (AvgIpc) is 3.15. The van der Waals surface area contributed by atoms with Crippen LogP contribution in [0.1, 0.15) is 30.9 Å². The van der Waals surface area contributed by atoms with Crippen molar-refractivity contribution in [1.29, 1.82) is 0 Å². The van der Waals surface area contributed by atoms with Gasteiger partial charge in [0.15, 0.2) is 0 Å². The van der Waals surface area contributed by atoms with Gasteiger partial charge in [0.05, 0.1) is 24.0 Å². The second-order valence-electron chi connectivity index (χ2n) is 6.70. The minimum atomic E-state index is -0.386. The van der Waals surface area contributed by atoms with Crippen molar-refractivity contribution in [3.63, 3.8) is 0 Å². The fourth-order valence-electron chi connectivity index (χ4n) is 3.71. The van der Waals surface area contributed by atoms with Crippen molar-refractivity contribution in [2.45, 2.75) is 25.3 Å². The number of piperidine rings is 1. The summed E-state index contributed by atoms with van der Waals surface area (Å²) in [7, 11) is 0. The van der Waals surface area contributed by atoms with Gasteiger partial charge in [0.1, 0.15) is 6.61 Å². The van der Waals surface area contributed by atoms with E-state index in [1.54, 1.807) is 11.1 Å². The lowest BCUT2D eigenvalue weighted by molar-refractivity contribution is 0.163. The van der Waals surface area contributed by atoms with Gasteiger partial charge in [-0.15, -0.1) is 0 Å². The highest BCUT2D eigenvalue weighted by Crippen LogP contribution is 2.33. The van der Waals surface area contributed by atoms with E-state index in [2.05, 4.69) is 10.3 Å². The average molecular weight is 366 g/mol. The standard InChI is InChI=1S/C20H22N4O3/c25-19(23-11-4-3-8-17(23)15-6-5-10-21-14-15)22-16-7-1-2-9-18(16)24-12-13-27-20(24)26/h1-2,5-7,9-10,14,17H,3-4,8,11-13H2,(H,22,25)/t17-/m0/s1. The molecular formula is C20H22N4O3. The van der Waals surface area contributed by atoms with Crippen LogP contribution in [0.5, 0.6) is 0 Å². The van der Waals surface area contributed by atoms with Crippen LogP contribution in [0.15, 0.2) is 48.8 Å².